The number of pyridine rings is 1. The van der Waals surface area contributed by atoms with E-state index in [1.165, 1.54) is 12.3 Å². The highest BCUT2D eigenvalue weighted by atomic mass is 19.1. The van der Waals surface area contributed by atoms with Crippen molar-refractivity contribution in [1.29, 1.82) is 0 Å². The highest BCUT2D eigenvalue weighted by Crippen LogP contribution is 2.19. The van der Waals surface area contributed by atoms with Crippen LogP contribution in [-0.2, 0) is 0 Å². The first-order chi connectivity index (χ1) is 10.1. The molecule has 0 atom stereocenters. The molecule has 1 aromatic rings. The van der Waals surface area contributed by atoms with Gasteiger partial charge >= 0.3 is 0 Å². The molecule has 1 saturated heterocycles. The summed E-state index contributed by atoms with van der Waals surface area (Å²) in [6, 6.07) is 1.35. The van der Waals surface area contributed by atoms with E-state index in [9.17, 15) is 9.18 Å². The zero-order valence-electron chi connectivity index (χ0n) is 12.2. The largest absolute Gasteiger partial charge is 0.352 e. The Balaban J connectivity index is 1.82. The number of nitrogens with one attached hydrogen (secondary N) is 2. The Morgan fingerprint density at radius 1 is 1.52 bits per heavy atom. The molecule has 4 N–H and O–H groups in total. The maximum atomic E-state index is 13.9. The lowest BCUT2D eigenvalue weighted by atomic mass is 9.94. The maximum Gasteiger partial charge on any atom is 0.254 e. The van der Waals surface area contributed by atoms with Crippen LogP contribution in [0.25, 0.3) is 0 Å². The molecule has 7 heteroatoms. The van der Waals surface area contributed by atoms with Crippen molar-refractivity contribution < 1.29 is 9.18 Å². The van der Waals surface area contributed by atoms with Gasteiger partial charge in [0.15, 0.2) is 11.6 Å². The number of amides is 1. The first kappa shape index (κ1) is 15.7. The van der Waals surface area contributed by atoms with Gasteiger partial charge in [-0.3, -0.25) is 4.79 Å². The lowest BCUT2D eigenvalue weighted by Crippen LogP contribution is -2.33. The van der Waals surface area contributed by atoms with Gasteiger partial charge in [0.2, 0.25) is 0 Å². The fourth-order valence-corrected chi connectivity index (χ4v) is 2.56. The van der Waals surface area contributed by atoms with E-state index < -0.39 is 11.7 Å². The molecule has 0 unspecified atom stereocenters. The van der Waals surface area contributed by atoms with E-state index in [2.05, 4.69) is 27.7 Å². The first-order valence-corrected chi connectivity index (χ1v) is 7.19. The summed E-state index contributed by atoms with van der Waals surface area (Å²) in [5, 5.41) is 2.76. The number of nitrogen functional groups attached to an aromatic ring is 1. The van der Waals surface area contributed by atoms with Crippen LogP contribution in [0.5, 0.6) is 0 Å². The molecule has 2 heterocycles. The van der Waals surface area contributed by atoms with Crippen molar-refractivity contribution in [2.24, 2.45) is 11.8 Å². The Morgan fingerprint density at radius 3 is 2.90 bits per heavy atom. The van der Waals surface area contributed by atoms with Crippen molar-refractivity contribution in [2.45, 2.75) is 19.3 Å². The summed E-state index contributed by atoms with van der Waals surface area (Å²) < 4.78 is 13.9. The van der Waals surface area contributed by atoms with E-state index in [-0.39, 0.29) is 11.4 Å². The zero-order valence-corrected chi connectivity index (χ0v) is 12.2. The van der Waals surface area contributed by atoms with Crippen molar-refractivity contribution >= 4 is 11.7 Å². The van der Waals surface area contributed by atoms with Crippen LogP contribution >= 0.6 is 0 Å². The van der Waals surface area contributed by atoms with Gasteiger partial charge in [-0.15, -0.1) is 0 Å². The van der Waals surface area contributed by atoms with E-state index in [4.69, 9.17) is 5.84 Å². The number of nitrogens with zero attached hydrogens (tertiary/aromatic N) is 2. The highest BCUT2D eigenvalue weighted by molar-refractivity contribution is 5.95. The lowest BCUT2D eigenvalue weighted by molar-refractivity contribution is 0.0945. The lowest BCUT2D eigenvalue weighted by Gasteiger charge is -2.28. The van der Waals surface area contributed by atoms with Gasteiger partial charge in [-0.1, -0.05) is 0 Å². The van der Waals surface area contributed by atoms with Crippen LogP contribution in [0, 0.1) is 11.7 Å². The van der Waals surface area contributed by atoms with Gasteiger partial charge < -0.3 is 15.6 Å². The molecule has 1 fully saturated rings. The number of hydrogen-bond donors (Lipinski definition) is 3. The van der Waals surface area contributed by atoms with Crippen molar-refractivity contribution in [3.8, 4) is 0 Å². The molecule has 1 aliphatic heterocycles. The number of rotatable bonds is 5. The second kappa shape index (κ2) is 7.33. The number of hydrazine groups is 1. The van der Waals surface area contributed by atoms with E-state index >= 15 is 0 Å². The predicted octanol–water partition coefficient (Wildman–Crippen LogP) is 0.968. The van der Waals surface area contributed by atoms with Gasteiger partial charge in [-0.2, -0.15) is 0 Å². The average Bonchev–Trinajstić information content (AvgIpc) is 2.49. The molecule has 6 nitrogen and oxygen atoms in total. The highest BCUT2D eigenvalue weighted by Gasteiger charge is 2.18. The number of hydrogen-bond acceptors (Lipinski definition) is 5. The SMILES string of the molecule is CN1CCC(CCNC(=O)c2ccnc(NN)c2F)CC1. The Hall–Kier alpha value is -1.73. The van der Waals surface area contributed by atoms with Crippen molar-refractivity contribution in [3.63, 3.8) is 0 Å². The standard InChI is InChI=1S/C14H22FN5O/c1-20-8-4-10(5-9-20)2-6-18-14(21)11-3-7-17-13(19-16)12(11)15/h3,7,10H,2,4-6,8-9,16H2,1H3,(H,17,19)(H,18,21). The molecule has 1 amide bonds. The monoisotopic (exact) mass is 295 g/mol. The van der Waals surface area contributed by atoms with Crippen molar-refractivity contribution in [2.75, 3.05) is 32.1 Å². The summed E-state index contributed by atoms with van der Waals surface area (Å²) in [5.41, 5.74) is 2.09. The van der Waals surface area contributed by atoms with E-state index in [1.54, 1.807) is 0 Å². The van der Waals surface area contributed by atoms with Crippen LogP contribution in [0.4, 0.5) is 10.2 Å². The molecule has 0 aromatic carbocycles. The van der Waals surface area contributed by atoms with Crippen LogP contribution in [0.1, 0.15) is 29.6 Å². The third kappa shape index (κ3) is 4.12. The van der Waals surface area contributed by atoms with Crippen LogP contribution in [-0.4, -0.2) is 42.5 Å². The Labute approximate surface area is 123 Å². The molecule has 21 heavy (non-hydrogen) atoms. The number of nitrogens with two attached hydrogens (primary N) is 1. The number of anilines is 1. The molecule has 1 aromatic heterocycles. The predicted molar refractivity (Wildman–Crippen MR) is 79.2 cm³/mol. The second-order valence-electron chi connectivity index (χ2n) is 5.46. The summed E-state index contributed by atoms with van der Waals surface area (Å²) in [6.07, 6.45) is 4.58. The summed E-state index contributed by atoms with van der Waals surface area (Å²) >= 11 is 0. The van der Waals surface area contributed by atoms with Gasteiger partial charge in [0.05, 0.1) is 5.56 Å². The number of likely N-dealkylation sites (tertiary alicyclic amines) is 1. The van der Waals surface area contributed by atoms with E-state index in [0.29, 0.717) is 12.5 Å². The van der Waals surface area contributed by atoms with Crippen LogP contribution in [0.2, 0.25) is 0 Å². The minimum atomic E-state index is -0.725. The Kier molecular flexibility index (Phi) is 5.46. The molecule has 1 aliphatic rings. The molecule has 0 spiro atoms. The van der Waals surface area contributed by atoms with E-state index in [1.807, 2.05) is 0 Å². The van der Waals surface area contributed by atoms with Gasteiger partial charge in [-0.25, -0.2) is 15.2 Å². The summed E-state index contributed by atoms with van der Waals surface area (Å²) in [6.45, 7) is 2.76. The molecule has 0 saturated carbocycles. The van der Waals surface area contributed by atoms with Crippen molar-refractivity contribution in [3.05, 3.63) is 23.6 Å². The third-order valence-electron chi connectivity index (χ3n) is 3.95. The summed E-state index contributed by atoms with van der Waals surface area (Å²) in [5.74, 6) is 4.49. The molecule has 0 radical (unpaired) electrons. The quantitative estimate of drug-likeness (QED) is 0.557. The number of piperidine rings is 1. The minimum Gasteiger partial charge on any atom is -0.352 e. The van der Waals surface area contributed by atoms with Crippen molar-refractivity contribution in [1.82, 2.24) is 15.2 Å². The number of aromatic nitrogens is 1. The van der Waals surface area contributed by atoms with Crippen LogP contribution in [0.15, 0.2) is 12.3 Å². The molecule has 0 bridgehead atoms. The second-order valence-corrected chi connectivity index (χ2v) is 5.46. The molecule has 116 valence electrons. The van der Waals surface area contributed by atoms with Crippen LogP contribution < -0.4 is 16.6 Å². The first-order valence-electron chi connectivity index (χ1n) is 7.19. The van der Waals surface area contributed by atoms with Crippen LogP contribution in [0.3, 0.4) is 0 Å². The minimum absolute atomic E-state index is 0.0404. The normalized spacial score (nSPS) is 16.7. The smallest absolute Gasteiger partial charge is 0.254 e. The third-order valence-corrected chi connectivity index (χ3v) is 3.95. The fraction of sp³-hybridized carbons (Fsp3) is 0.571. The maximum absolute atomic E-state index is 13.9. The van der Waals surface area contributed by atoms with Gasteiger partial charge in [0.1, 0.15) is 0 Å². The zero-order chi connectivity index (χ0) is 15.2. The fourth-order valence-electron chi connectivity index (χ4n) is 2.56. The number of carbonyl (C=O) groups excluding carboxylic acids is 1. The number of halogens is 1. The number of carbonyl (C=O) groups is 1. The summed E-state index contributed by atoms with van der Waals surface area (Å²) in [4.78, 5) is 18.0. The molecule has 0 aliphatic carbocycles. The Morgan fingerprint density at radius 2 is 2.24 bits per heavy atom. The summed E-state index contributed by atoms with van der Waals surface area (Å²) in [7, 11) is 2.12. The average molecular weight is 295 g/mol. The molecular weight excluding hydrogens is 273 g/mol. The Bertz CT molecular complexity index is 488. The van der Waals surface area contributed by atoms with Gasteiger partial charge in [-0.05, 0) is 51.4 Å². The molecule has 2 rings (SSSR count). The topological polar surface area (TPSA) is 83.3 Å². The van der Waals surface area contributed by atoms with Gasteiger partial charge in [0, 0.05) is 12.7 Å². The van der Waals surface area contributed by atoms with Gasteiger partial charge in [0.25, 0.3) is 5.91 Å². The van der Waals surface area contributed by atoms with E-state index in [0.717, 1.165) is 32.4 Å². The molecular formula is C14H22FN5O.